The van der Waals surface area contributed by atoms with E-state index in [1.807, 2.05) is 0 Å². The molecule has 108 valence electrons. The van der Waals surface area contributed by atoms with Crippen LogP contribution in [0.25, 0.3) is 0 Å². The summed E-state index contributed by atoms with van der Waals surface area (Å²) in [6, 6.07) is 3.81. The van der Waals surface area contributed by atoms with Crippen LogP contribution in [0.1, 0.15) is 5.56 Å². The molecular weight excluding hydrogens is 288 g/mol. The number of benzene rings is 1. The first-order valence-electron chi connectivity index (χ1n) is 5.72. The molecule has 0 amide bonds. The zero-order chi connectivity index (χ0) is 15.1. The van der Waals surface area contributed by atoms with Gasteiger partial charge < -0.3 is 5.11 Å². The van der Waals surface area contributed by atoms with Gasteiger partial charge in [0.15, 0.2) is 0 Å². The molecule has 9 heteroatoms. The van der Waals surface area contributed by atoms with E-state index in [1.165, 1.54) is 25.1 Å². The standard InChI is InChI=1S/C11H12N2O6S/c1-7-9(13(16)17)3-2-4-10(7)20(18,19)12-5-8(6-12)11(14)15/h2-4,8H,5-6H2,1H3,(H,14,15). The normalized spacial score (nSPS) is 16.6. The second-order valence-corrected chi connectivity index (χ2v) is 6.42. The van der Waals surface area contributed by atoms with Gasteiger partial charge in [0, 0.05) is 24.7 Å². The van der Waals surface area contributed by atoms with Crippen LogP contribution in [0.2, 0.25) is 0 Å². The van der Waals surface area contributed by atoms with Gasteiger partial charge in [0.25, 0.3) is 5.69 Å². The maximum absolute atomic E-state index is 12.3. The van der Waals surface area contributed by atoms with E-state index in [0.29, 0.717) is 0 Å². The Hall–Kier alpha value is -2.00. The lowest BCUT2D eigenvalue weighted by molar-refractivity contribution is -0.385. The number of carbonyl (C=O) groups is 1. The quantitative estimate of drug-likeness (QED) is 0.643. The molecule has 20 heavy (non-hydrogen) atoms. The van der Waals surface area contributed by atoms with Gasteiger partial charge in [-0.1, -0.05) is 6.07 Å². The Morgan fingerprint density at radius 1 is 1.45 bits per heavy atom. The minimum Gasteiger partial charge on any atom is -0.481 e. The van der Waals surface area contributed by atoms with Crippen molar-refractivity contribution in [2.24, 2.45) is 5.92 Å². The topological polar surface area (TPSA) is 118 Å². The first-order chi connectivity index (χ1) is 9.25. The Morgan fingerprint density at radius 2 is 2.05 bits per heavy atom. The van der Waals surface area contributed by atoms with Gasteiger partial charge in [-0.15, -0.1) is 0 Å². The molecule has 1 aliphatic rings. The average molecular weight is 300 g/mol. The Balaban J connectivity index is 2.35. The molecule has 0 bridgehead atoms. The van der Waals surface area contributed by atoms with Crippen molar-refractivity contribution < 1.29 is 23.2 Å². The van der Waals surface area contributed by atoms with E-state index in [4.69, 9.17) is 5.11 Å². The molecule has 1 aromatic rings. The number of carboxylic acid groups (broad SMARTS) is 1. The molecule has 1 N–H and O–H groups in total. The van der Waals surface area contributed by atoms with Crippen molar-refractivity contribution in [2.75, 3.05) is 13.1 Å². The minimum absolute atomic E-state index is 0.0521. The number of aliphatic carboxylic acids is 1. The summed E-state index contributed by atoms with van der Waals surface area (Å²) in [7, 11) is -3.89. The number of nitrogens with zero attached hydrogens (tertiary/aromatic N) is 2. The highest BCUT2D eigenvalue weighted by Crippen LogP contribution is 2.30. The first kappa shape index (κ1) is 14.4. The molecule has 2 rings (SSSR count). The lowest BCUT2D eigenvalue weighted by Crippen LogP contribution is -2.52. The van der Waals surface area contributed by atoms with E-state index in [2.05, 4.69) is 0 Å². The minimum atomic E-state index is -3.89. The predicted octanol–water partition coefficient (Wildman–Crippen LogP) is 0.608. The van der Waals surface area contributed by atoms with Gasteiger partial charge >= 0.3 is 5.97 Å². The summed E-state index contributed by atoms with van der Waals surface area (Å²) in [4.78, 5) is 20.7. The fourth-order valence-corrected chi connectivity index (χ4v) is 3.78. The molecule has 0 radical (unpaired) electrons. The van der Waals surface area contributed by atoms with E-state index in [0.717, 1.165) is 4.31 Å². The van der Waals surface area contributed by atoms with Crippen molar-refractivity contribution in [3.05, 3.63) is 33.9 Å². The van der Waals surface area contributed by atoms with Crippen molar-refractivity contribution in [3.63, 3.8) is 0 Å². The third kappa shape index (κ3) is 2.25. The largest absolute Gasteiger partial charge is 0.481 e. The third-order valence-corrected chi connectivity index (χ3v) is 5.24. The van der Waals surface area contributed by atoms with Gasteiger partial charge in [0.2, 0.25) is 10.0 Å². The Bertz CT molecular complexity index is 678. The number of rotatable bonds is 4. The van der Waals surface area contributed by atoms with Gasteiger partial charge in [0.1, 0.15) is 0 Å². The summed E-state index contributed by atoms with van der Waals surface area (Å²) in [5.41, 5.74) is -0.224. The van der Waals surface area contributed by atoms with Gasteiger partial charge in [-0.05, 0) is 13.0 Å². The highest BCUT2D eigenvalue weighted by Gasteiger charge is 2.41. The average Bonchev–Trinajstić information content (AvgIpc) is 2.25. The molecule has 0 aliphatic carbocycles. The Kier molecular flexibility index (Phi) is 3.48. The van der Waals surface area contributed by atoms with Gasteiger partial charge in [0.05, 0.1) is 15.7 Å². The number of nitro groups is 1. The second kappa shape index (κ2) is 4.84. The van der Waals surface area contributed by atoms with Crippen molar-refractivity contribution in [3.8, 4) is 0 Å². The van der Waals surface area contributed by atoms with E-state index >= 15 is 0 Å². The van der Waals surface area contributed by atoms with Crippen LogP contribution in [-0.4, -0.2) is 41.8 Å². The van der Waals surface area contributed by atoms with Gasteiger partial charge in [-0.2, -0.15) is 4.31 Å². The van der Waals surface area contributed by atoms with Crippen LogP contribution in [0, 0.1) is 23.0 Å². The molecule has 0 saturated carbocycles. The van der Waals surface area contributed by atoms with E-state index in [9.17, 15) is 23.3 Å². The number of carboxylic acids is 1. The maximum Gasteiger partial charge on any atom is 0.309 e. The Morgan fingerprint density at radius 3 is 2.55 bits per heavy atom. The zero-order valence-corrected chi connectivity index (χ0v) is 11.3. The van der Waals surface area contributed by atoms with Crippen LogP contribution in [0.4, 0.5) is 5.69 Å². The van der Waals surface area contributed by atoms with E-state index < -0.39 is 26.8 Å². The van der Waals surface area contributed by atoms with Crippen LogP contribution in [0.5, 0.6) is 0 Å². The lowest BCUT2D eigenvalue weighted by atomic mass is 10.0. The molecule has 1 aliphatic heterocycles. The molecule has 0 unspecified atom stereocenters. The monoisotopic (exact) mass is 300 g/mol. The van der Waals surface area contributed by atoms with Gasteiger partial charge in [-0.3, -0.25) is 14.9 Å². The summed E-state index contributed by atoms with van der Waals surface area (Å²) in [6.45, 7) is 1.14. The van der Waals surface area contributed by atoms with Crippen LogP contribution in [0.3, 0.4) is 0 Å². The SMILES string of the molecule is Cc1c([N+](=O)[O-])cccc1S(=O)(=O)N1CC(C(=O)O)C1. The van der Waals surface area contributed by atoms with Crippen molar-refractivity contribution >= 4 is 21.7 Å². The summed E-state index contributed by atoms with van der Waals surface area (Å²) in [5.74, 6) is -1.77. The van der Waals surface area contributed by atoms with Crippen LogP contribution in [0.15, 0.2) is 23.1 Å². The zero-order valence-electron chi connectivity index (χ0n) is 10.5. The van der Waals surface area contributed by atoms with E-state index in [-0.39, 0.29) is 29.2 Å². The fourth-order valence-electron chi connectivity index (χ4n) is 2.01. The molecule has 1 aromatic carbocycles. The highest BCUT2D eigenvalue weighted by atomic mass is 32.2. The highest BCUT2D eigenvalue weighted by molar-refractivity contribution is 7.89. The molecule has 1 saturated heterocycles. The Labute approximate surface area is 114 Å². The third-order valence-electron chi connectivity index (χ3n) is 3.27. The molecule has 8 nitrogen and oxygen atoms in total. The number of hydrogen-bond acceptors (Lipinski definition) is 5. The van der Waals surface area contributed by atoms with Crippen LogP contribution < -0.4 is 0 Å². The van der Waals surface area contributed by atoms with Gasteiger partial charge in [-0.25, -0.2) is 8.42 Å². The molecular formula is C11H12N2O6S. The van der Waals surface area contributed by atoms with Crippen LogP contribution >= 0.6 is 0 Å². The van der Waals surface area contributed by atoms with Crippen LogP contribution in [-0.2, 0) is 14.8 Å². The van der Waals surface area contributed by atoms with E-state index in [1.54, 1.807) is 0 Å². The summed E-state index contributed by atoms with van der Waals surface area (Å²) in [5, 5.41) is 19.6. The molecule has 0 spiro atoms. The van der Waals surface area contributed by atoms with Crippen molar-refractivity contribution in [1.82, 2.24) is 4.31 Å². The molecule has 0 aromatic heterocycles. The first-order valence-corrected chi connectivity index (χ1v) is 7.16. The maximum atomic E-state index is 12.3. The molecule has 1 heterocycles. The number of hydrogen-bond donors (Lipinski definition) is 1. The predicted molar refractivity (Wildman–Crippen MR) is 67.7 cm³/mol. The summed E-state index contributed by atoms with van der Waals surface area (Å²) < 4.78 is 25.6. The molecule has 0 atom stereocenters. The fraction of sp³-hybridized carbons (Fsp3) is 0.364. The lowest BCUT2D eigenvalue weighted by Gasteiger charge is -2.35. The second-order valence-electron chi connectivity index (χ2n) is 4.51. The van der Waals surface area contributed by atoms with Crippen molar-refractivity contribution in [2.45, 2.75) is 11.8 Å². The smallest absolute Gasteiger partial charge is 0.309 e. The van der Waals surface area contributed by atoms with Crippen molar-refractivity contribution in [1.29, 1.82) is 0 Å². The summed E-state index contributed by atoms with van der Waals surface area (Å²) in [6.07, 6.45) is 0. The number of nitro benzene ring substituents is 1. The number of sulfonamides is 1. The summed E-state index contributed by atoms with van der Waals surface area (Å²) >= 11 is 0. The molecule has 1 fully saturated rings.